The Morgan fingerprint density at radius 2 is 1.95 bits per heavy atom. The number of fused-ring (bicyclic) bond motifs is 1. The molecule has 0 radical (unpaired) electrons. The maximum absolute atomic E-state index is 3.83. The van der Waals surface area contributed by atoms with Gasteiger partial charge in [-0.3, -0.25) is 0 Å². The van der Waals surface area contributed by atoms with Gasteiger partial charge in [0.1, 0.15) is 0 Å². The number of aryl methyl sites for hydroxylation is 3. The van der Waals surface area contributed by atoms with Gasteiger partial charge in [0.2, 0.25) is 0 Å². The van der Waals surface area contributed by atoms with Gasteiger partial charge in [0, 0.05) is 12.1 Å². The third-order valence-electron chi connectivity index (χ3n) is 4.57. The Balaban J connectivity index is 1.57. The summed E-state index contributed by atoms with van der Waals surface area (Å²) in [5, 5.41) is 3.83. The fraction of sp³-hybridized carbons (Fsp3) is 0.400. The molecule has 0 saturated carbocycles. The second-order valence-electron chi connectivity index (χ2n) is 6.39. The zero-order valence-corrected chi connectivity index (χ0v) is 13.1. The number of benzene rings is 2. The predicted octanol–water partition coefficient (Wildman–Crippen LogP) is 4.59. The lowest BCUT2D eigenvalue weighted by atomic mass is 10.0. The quantitative estimate of drug-likeness (QED) is 0.844. The zero-order chi connectivity index (χ0) is 14.7. The Labute approximate surface area is 128 Å². The van der Waals surface area contributed by atoms with Crippen molar-refractivity contribution in [2.75, 3.05) is 0 Å². The van der Waals surface area contributed by atoms with Crippen molar-refractivity contribution in [1.82, 2.24) is 5.32 Å². The molecule has 2 unspecified atom stereocenters. The van der Waals surface area contributed by atoms with Crippen molar-refractivity contribution in [1.29, 1.82) is 0 Å². The Hall–Kier alpha value is -1.60. The van der Waals surface area contributed by atoms with Gasteiger partial charge in [-0.25, -0.2) is 0 Å². The van der Waals surface area contributed by atoms with Gasteiger partial charge in [0.05, 0.1) is 0 Å². The van der Waals surface area contributed by atoms with Gasteiger partial charge >= 0.3 is 0 Å². The van der Waals surface area contributed by atoms with E-state index in [-0.39, 0.29) is 0 Å². The van der Waals surface area contributed by atoms with E-state index in [1.54, 1.807) is 0 Å². The molecule has 0 saturated heterocycles. The molecular weight excluding hydrogens is 254 g/mol. The third kappa shape index (κ3) is 3.54. The van der Waals surface area contributed by atoms with Crippen LogP contribution in [0.3, 0.4) is 0 Å². The van der Waals surface area contributed by atoms with Gasteiger partial charge in [0.15, 0.2) is 0 Å². The van der Waals surface area contributed by atoms with E-state index >= 15 is 0 Å². The Kier molecular flexibility index (Phi) is 4.40. The second-order valence-corrected chi connectivity index (χ2v) is 6.39. The van der Waals surface area contributed by atoms with Crippen molar-refractivity contribution < 1.29 is 0 Å². The maximum Gasteiger partial charge on any atom is 0.0328 e. The number of nitrogens with one attached hydrogen (secondary N) is 1. The fourth-order valence-electron chi connectivity index (χ4n) is 3.35. The largest absolute Gasteiger partial charge is 0.307 e. The van der Waals surface area contributed by atoms with E-state index in [1.807, 2.05) is 0 Å². The lowest BCUT2D eigenvalue weighted by Gasteiger charge is -2.20. The van der Waals surface area contributed by atoms with Crippen LogP contribution in [0.25, 0.3) is 0 Å². The molecule has 1 heteroatoms. The number of hydrogen-bond donors (Lipinski definition) is 1. The first-order valence-corrected chi connectivity index (χ1v) is 8.12. The average molecular weight is 279 g/mol. The molecule has 1 nitrogen and oxygen atoms in total. The molecule has 2 aromatic rings. The molecule has 0 heterocycles. The molecule has 0 aliphatic heterocycles. The topological polar surface area (TPSA) is 12.0 Å². The van der Waals surface area contributed by atoms with Gasteiger partial charge in [-0.1, -0.05) is 54.1 Å². The maximum atomic E-state index is 3.83. The number of hydrogen-bond acceptors (Lipinski definition) is 1. The Morgan fingerprint density at radius 3 is 2.76 bits per heavy atom. The van der Waals surface area contributed by atoms with E-state index in [0.29, 0.717) is 12.1 Å². The molecule has 0 aromatic heterocycles. The lowest BCUT2D eigenvalue weighted by molar-refractivity contribution is 0.434. The van der Waals surface area contributed by atoms with Crippen molar-refractivity contribution in [2.24, 2.45) is 0 Å². The van der Waals surface area contributed by atoms with Crippen LogP contribution in [0.4, 0.5) is 0 Å². The fourth-order valence-corrected chi connectivity index (χ4v) is 3.35. The summed E-state index contributed by atoms with van der Waals surface area (Å²) in [4.78, 5) is 0. The first-order chi connectivity index (χ1) is 10.2. The van der Waals surface area contributed by atoms with E-state index in [9.17, 15) is 0 Å². The molecule has 0 spiro atoms. The van der Waals surface area contributed by atoms with Crippen LogP contribution in [-0.4, -0.2) is 6.04 Å². The molecule has 2 atom stereocenters. The van der Waals surface area contributed by atoms with Crippen LogP contribution in [0.15, 0.2) is 48.5 Å². The smallest absolute Gasteiger partial charge is 0.0328 e. The molecule has 0 amide bonds. The monoisotopic (exact) mass is 279 g/mol. The van der Waals surface area contributed by atoms with Crippen molar-refractivity contribution in [3.05, 3.63) is 70.8 Å². The number of rotatable bonds is 5. The minimum absolute atomic E-state index is 0.547. The van der Waals surface area contributed by atoms with E-state index in [4.69, 9.17) is 0 Å². The highest BCUT2D eigenvalue weighted by Crippen LogP contribution is 2.32. The highest BCUT2D eigenvalue weighted by Gasteiger charge is 2.23. The predicted molar refractivity (Wildman–Crippen MR) is 89.6 cm³/mol. The Morgan fingerprint density at radius 1 is 1.14 bits per heavy atom. The summed E-state index contributed by atoms with van der Waals surface area (Å²) >= 11 is 0. The van der Waals surface area contributed by atoms with Crippen LogP contribution in [0.1, 0.15) is 48.1 Å². The van der Waals surface area contributed by atoms with E-state index in [0.717, 1.165) is 6.42 Å². The molecule has 2 aromatic carbocycles. The standard InChI is InChI=1S/C20H25N/c1-15-8-11-18-12-13-20(19(18)14-15)21-16(2)9-10-17-6-4-3-5-7-17/h3-8,11,14,16,20-21H,9-10,12-13H2,1-2H3. The summed E-state index contributed by atoms with van der Waals surface area (Å²) in [6.07, 6.45) is 4.82. The minimum atomic E-state index is 0.547. The highest BCUT2D eigenvalue weighted by atomic mass is 14.9. The molecular formula is C20H25N. The molecule has 0 bridgehead atoms. The van der Waals surface area contributed by atoms with E-state index < -0.39 is 0 Å². The molecule has 1 N–H and O–H groups in total. The van der Waals surface area contributed by atoms with E-state index in [1.165, 1.54) is 41.5 Å². The normalized spacial score (nSPS) is 18.5. The van der Waals surface area contributed by atoms with Crippen LogP contribution in [0.2, 0.25) is 0 Å². The molecule has 0 fully saturated rings. The van der Waals surface area contributed by atoms with E-state index in [2.05, 4.69) is 67.7 Å². The molecule has 1 aliphatic carbocycles. The van der Waals surface area contributed by atoms with Crippen LogP contribution in [0, 0.1) is 6.92 Å². The highest BCUT2D eigenvalue weighted by molar-refractivity contribution is 5.37. The average Bonchev–Trinajstić information content (AvgIpc) is 2.88. The summed E-state index contributed by atoms with van der Waals surface area (Å²) < 4.78 is 0. The molecule has 110 valence electrons. The minimum Gasteiger partial charge on any atom is -0.307 e. The zero-order valence-electron chi connectivity index (χ0n) is 13.1. The summed E-state index contributed by atoms with van der Waals surface area (Å²) in [6.45, 7) is 4.51. The van der Waals surface area contributed by atoms with Crippen molar-refractivity contribution in [3.8, 4) is 0 Å². The van der Waals surface area contributed by atoms with Crippen molar-refractivity contribution in [2.45, 2.75) is 51.6 Å². The molecule has 3 rings (SSSR count). The lowest BCUT2D eigenvalue weighted by Crippen LogP contribution is -2.29. The van der Waals surface area contributed by atoms with Gasteiger partial charge < -0.3 is 5.32 Å². The Bertz CT molecular complexity index is 588. The summed E-state index contributed by atoms with van der Waals surface area (Å²) in [6, 6.07) is 18.8. The second kappa shape index (κ2) is 6.44. The van der Waals surface area contributed by atoms with Crippen LogP contribution < -0.4 is 5.32 Å². The van der Waals surface area contributed by atoms with Crippen LogP contribution >= 0.6 is 0 Å². The van der Waals surface area contributed by atoms with Gasteiger partial charge in [-0.15, -0.1) is 0 Å². The van der Waals surface area contributed by atoms with Crippen molar-refractivity contribution in [3.63, 3.8) is 0 Å². The summed E-state index contributed by atoms with van der Waals surface area (Å²) in [7, 11) is 0. The van der Waals surface area contributed by atoms with Crippen LogP contribution in [-0.2, 0) is 12.8 Å². The van der Waals surface area contributed by atoms with Crippen LogP contribution in [0.5, 0.6) is 0 Å². The van der Waals surface area contributed by atoms with Crippen molar-refractivity contribution >= 4 is 0 Å². The molecule has 1 aliphatic rings. The third-order valence-corrected chi connectivity index (χ3v) is 4.57. The summed E-state index contributed by atoms with van der Waals surface area (Å²) in [5.74, 6) is 0. The SMILES string of the molecule is Cc1ccc2c(c1)C(NC(C)CCc1ccccc1)CC2. The first-order valence-electron chi connectivity index (χ1n) is 8.12. The summed E-state index contributed by atoms with van der Waals surface area (Å²) in [5.41, 5.74) is 5.88. The van der Waals surface area contributed by atoms with Gasteiger partial charge in [-0.2, -0.15) is 0 Å². The van der Waals surface area contributed by atoms with Gasteiger partial charge in [-0.05, 0) is 56.2 Å². The first kappa shape index (κ1) is 14.3. The molecule has 21 heavy (non-hydrogen) atoms. The van der Waals surface area contributed by atoms with Gasteiger partial charge in [0.25, 0.3) is 0 Å².